The van der Waals surface area contributed by atoms with E-state index in [4.69, 9.17) is 11.6 Å². The summed E-state index contributed by atoms with van der Waals surface area (Å²) in [6.07, 6.45) is 8.57. The topological polar surface area (TPSA) is 24.9 Å². The second-order valence-electron chi connectivity index (χ2n) is 4.59. The Bertz CT molecular complexity index is 304. The highest BCUT2D eigenvalue weighted by Crippen LogP contribution is 2.23. The van der Waals surface area contributed by atoms with Crippen molar-refractivity contribution in [3.8, 4) is 0 Å². The molecule has 1 aliphatic carbocycles. The normalized spacial score (nSPS) is 16.8. The van der Waals surface area contributed by atoms with Crippen molar-refractivity contribution < 1.29 is 0 Å². The number of hydrogen-bond donors (Lipinski definition) is 1. The Morgan fingerprint density at radius 2 is 2.12 bits per heavy atom. The zero-order valence-corrected chi connectivity index (χ0v) is 10.3. The maximum absolute atomic E-state index is 5.73. The molecular formula is C13H19ClN2. The molecule has 0 aromatic carbocycles. The molecule has 0 spiro atoms. The van der Waals surface area contributed by atoms with Crippen LogP contribution in [0.25, 0.3) is 0 Å². The lowest BCUT2D eigenvalue weighted by Crippen LogP contribution is -2.23. The van der Waals surface area contributed by atoms with Crippen molar-refractivity contribution in [2.45, 2.75) is 32.1 Å². The maximum atomic E-state index is 5.73. The van der Waals surface area contributed by atoms with Crippen LogP contribution >= 0.6 is 11.6 Å². The summed E-state index contributed by atoms with van der Waals surface area (Å²) in [6, 6.07) is 3.90. The molecule has 3 heteroatoms. The molecule has 0 radical (unpaired) electrons. The molecule has 1 fully saturated rings. The molecule has 16 heavy (non-hydrogen) atoms. The van der Waals surface area contributed by atoms with Gasteiger partial charge in [-0.2, -0.15) is 0 Å². The fourth-order valence-electron chi connectivity index (χ4n) is 2.31. The molecule has 1 aliphatic rings. The Labute approximate surface area is 102 Å². The maximum Gasteiger partial charge on any atom is 0.129 e. The van der Waals surface area contributed by atoms with Crippen LogP contribution in [0.15, 0.2) is 18.3 Å². The Kier molecular flexibility index (Phi) is 4.61. The molecule has 2 nitrogen and oxygen atoms in total. The van der Waals surface area contributed by atoms with Crippen LogP contribution in [0.3, 0.4) is 0 Å². The van der Waals surface area contributed by atoms with E-state index in [1.165, 1.54) is 37.8 Å². The summed E-state index contributed by atoms with van der Waals surface area (Å²) < 4.78 is 0. The first-order chi connectivity index (χ1) is 7.84. The first kappa shape index (κ1) is 11.9. The van der Waals surface area contributed by atoms with Crippen LogP contribution in [0, 0.1) is 5.92 Å². The lowest BCUT2D eigenvalue weighted by atomic mass is 10.1. The third-order valence-electron chi connectivity index (χ3n) is 3.29. The highest BCUT2D eigenvalue weighted by molar-refractivity contribution is 6.29. The third kappa shape index (κ3) is 3.76. The van der Waals surface area contributed by atoms with Crippen LogP contribution in [0.1, 0.15) is 31.2 Å². The summed E-state index contributed by atoms with van der Waals surface area (Å²) in [7, 11) is 0. The molecule has 0 aliphatic heterocycles. The van der Waals surface area contributed by atoms with Crippen LogP contribution < -0.4 is 5.32 Å². The molecule has 1 heterocycles. The number of pyridine rings is 1. The van der Waals surface area contributed by atoms with Gasteiger partial charge in [-0.3, -0.25) is 0 Å². The van der Waals surface area contributed by atoms with E-state index >= 15 is 0 Å². The number of nitrogens with one attached hydrogen (secondary N) is 1. The minimum Gasteiger partial charge on any atom is -0.316 e. The predicted octanol–water partition coefficient (Wildman–Crippen LogP) is 3.06. The van der Waals surface area contributed by atoms with Crippen LogP contribution in [-0.2, 0) is 6.42 Å². The predicted molar refractivity (Wildman–Crippen MR) is 67.8 cm³/mol. The van der Waals surface area contributed by atoms with E-state index in [2.05, 4.69) is 10.3 Å². The first-order valence-electron chi connectivity index (χ1n) is 6.16. The highest BCUT2D eigenvalue weighted by Gasteiger charge is 2.13. The molecule has 88 valence electrons. The number of nitrogens with zero attached hydrogens (tertiary/aromatic N) is 1. The Morgan fingerprint density at radius 3 is 2.81 bits per heavy atom. The molecule has 0 bridgehead atoms. The molecule has 0 saturated heterocycles. The largest absolute Gasteiger partial charge is 0.316 e. The van der Waals surface area contributed by atoms with Gasteiger partial charge in [0, 0.05) is 6.20 Å². The second-order valence-corrected chi connectivity index (χ2v) is 4.98. The minimum absolute atomic E-state index is 0.572. The van der Waals surface area contributed by atoms with Gasteiger partial charge in [-0.05, 0) is 49.9 Å². The van der Waals surface area contributed by atoms with Gasteiger partial charge < -0.3 is 5.32 Å². The first-order valence-corrected chi connectivity index (χ1v) is 6.53. The van der Waals surface area contributed by atoms with Crippen molar-refractivity contribution in [3.63, 3.8) is 0 Å². The summed E-state index contributed by atoms with van der Waals surface area (Å²) in [5, 5.41) is 4.10. The minimum atomic E-state index is 0.572. The average molecular weight is 239 g/mol. The van der Waals surface area contributed by atoms with Crippen LogP contribution in [0.5, 0.6) is 0 Å². The summed E-state index contributed by atoms with van der Waals surface area (Å²) in [5.74, 6) is 0.920. The van der Waals surface area contributed by atoms with E-state index in [1.807, 2.05) is 18.3 Å². The van der Waals surface area contributed by atoms with Gasteiger partial charge in [0.2, 0.25) is 0 Å². The van der Waals surface area contributed by atoms with E-state index < -0.39 is 0 Å². The van der Waals surface area contributed by atoms with Gasteiger partial charge in [-0.1, -0.05) is 30.5 Å². The van der Waals surface area contributed by atoms with E-state index in [9.17, 15) is 0 Å². The molecule has 0 amide bonds. The summed E-state index contributed by atoms with van der Waals surface area (Å²) in [6.45, 7) is 2.22. The molecule has 2 rings (SSSR count). The number of aromatic nitrogens is 1. The molecule has 1 saturated carbocycles. The standard InChI is InChI=1S/C13H19ClN2/c14-13-6-5-12(10-16-13)7-8-15-9-11-3-1-2-4-11/h5-6,10-11,15H,1-4,7-9H2. The zero-order chi connectivity index (χ0) is 11.2. The zero-order valence-electron chi connectivity index (χ0n) is 9.58. The van der Waals surface area contributed by atoms with E-state index in [-0.39, 0.29) is 0 Å². The molecule has 0 atom stereocenters. The van der Waals surface area contributed by atoms with Gasteiger partial charge in [0.05, 0.1) is 0 Å². The number of halogens is 1. The molecule has 0 unspecified atom stereocenters. The van der Waals surface area contributed by atoms with Crippen molar-refractivity contribution in [1.82, 2.24) is 10.3 Å². The van der Waals surface area contributed by atoms with Gasteiger partial charge in [0.1, 0.15) is 5.15 Å². The van der Waals surface area contributed by atoms with Crippen molar-refractivity contribution in [2.24, 2.45) is 5.92 Å². The molecule has 1 aromatic rings. The van der Waals surface area contributed by atoms with E-state index in [0.717, 1.165) is 18.9 Å². The van der Waals surface area contributed by atoms with Crippen LogP contribution in [0.2, 0.25) is 5.15 Å². The van der Waals surface area contributed by atoms with Gasteiger partial charge in [0.15, 0.2) is 0 Å². The summed E-state index contributed by atoms with van der Waals surface area (Å²) in [4.78, 5) is 4.07. The van der Waals surface area contributed by atoms with Crippen LogP contribution in [-0.4, -0.2) is 18.1 Å². The Hall–Kier alpha value is -0.600. The van der Waals surface area contributed by atoms with Gasteiger partial charge >= 0.3 is 0 Å². The van der Waals surface area contributed by atoms with Gasteiger partial charge in [-0.25, -0.2) is 4.98 Å². The van der Waals surface area contributed by atoms with E-state index in [1.54, 1.807) is 0 Å². The van der Waals surface area contributed by atoms with Crippen molar-refractivity contribution in [2.75, 3.05) is 13.1 Å². The monoisotopic (exact) mass is 238 g/mol. The van der Waals surface area contributed by atoms with Gasteiger partial charge in [-0.15, -0.1) is 0 Å². The van der Waals surface area contributed by atoms with Crippen molar-refractivity contribution in [3.05, 3.63) is 29.0 Å². The summed E-state index contributed by atoms with van der Waals surface area (Å²) in [5.41, 5.74) is 1.25. The third-order valence-corrected chi connectivity index (χ3v) is 3.51. The molecular weight excluding hydrogens is 220 g/mol. The quantitative estimate of drug-likeness (QED) is 0.630. The SMILES string of the molecule is Clc1ccc(CCNCC2CCCC2)cn1. The van der Waals surface area contributed by atoms with Crippen LogP contribution in [0.4, 0.5) is 0 Å². The molecule has 1 N–H and O–H groups in total. The Balaban J connectivity index is 1.62. The smallest absolute Gasteiger partial charge is 0.129 e. The summed E-state index contributed by atoms with van der Waals surface area (Å²) >= 11 is 5.73. The fourth-order valence-corrected chi connectivity index (χ4v) is 2.42. The number of hydrogen-bond acceptors (Lipinski definition) is 2. The van der Waals surface area contributed by atoms with E-state index in [0.29, 0.717) is 5.15 Å². The highest BCUT2D eigenvalue weighted by atomic mass is 35.5. The average Bonchev–Trinajstić information content (AvgIpc) is 2.80. The Morgan fingerprint density at radius 1 is 1.31 bits per heavy atom. The number of rotatable bonds is 5. The lowest BCUT2D eigenvalue weighted by molar-refractivity contribution is 0.491. The second kappa shape index (κ2) is 6.21. The fraction of sp³-hybridized carbons (Fsp3) is 0.615. The van der Waals surface area contributed by atoms with Crippen molar-refractivity contribution >= 4 is 11.6 Å². The molecule has 1 aromatic heterocycles. The van der Waals surface area contributed by atoms with Gasteiger partial charge in [0.25, 0.3) is 0 Å². The van der Waals surface area contributed by atoms with Crippen molar-refractivity contribution in [1.29, 1.82) is 0 Å². The lowest BCUT2D eigenvalue weighted by Gasteiger charge is -2.10.